The lowest BCUT2D eigenvalue weighted by molar-refractivity contribution is 0.0689. The largest absolute Gasteiger partial charge is 0.459 e. The molecule has 1 atom stereocenters. The van der Waals surface area contributed by atoms with Crippen LogP contribution in [-0.4, -0.2) is 22.8 Å². The molecular weight excluding hydrogens is 240 g/mol. The Kier molecular flexibility index (Phi) is 4.00. The molecule has 0 N–H and O–H groups in total. The van der Waals surface area contributed by atoms with Crippen LogP contribution in [0.15, 0.2) is 41.1 Å². The summed E-state index contributed by atoms with van der Waals surface area (Å²) in [6, 6.07) is 7.49. The number of nitrogens with zero attached hydrogens (tertiary/aromatic N) is 2. The summed E-state index contributed by atoms with van der Waals surface area (Å²) >= 11 is 0. The summed E-state index contributed by atoms with van der Waals surface area (Å²) in [4.78, 5) is 18.4. The zero-order valence-electron chi connectivity index (χ0n) is 11.5. The van der Waals surface area contributed by atoms with Gasteiger partial charge in [0.05, 0.1) is 18.0 Å². The van der Waals surface area contributed by atoms with E-state index in [2.05, 4.69) is 4.98 Å². The minimum atomic E-state index is -0.111. The number of rotatable bonds is 4. The zero-order valence-corrected chi connectivity index (χ0v) is 11.5. The maximum Gasteiger partial charge on any atom is 0.290 e. The maximum atomic E-state index is 12.4. The van der Waals surface area contributed by atoms with Crippen LogP contribution in [0.4, 0.5) is 0 Å². The summed E-state index contributed by atoms with van der Waals surface area (Å²) in [6.45, 7) is 3.91. The summed E-state index contributed by atoms with van der Waals surface area (Å²) in [5.74, 6) is 0.289. The van der Waals surface area contributed by atoms with Gasteiger partial charge in [-0.05, 0) is 31.5 Å². The van der Waals surface area contributed by atoms with Crippen LogP contribution in [0.2, 0.25) is 0 Å². The van der Waals surface area contributed by atoms with E-state index < -0.39 is 0 Å². The van der Waals surface area contributed by atoms with Gasteiger partial charge < -0.3 is 9.32 Å². The first-order valence-corrected chi connectivity index (χ1v) is 6.37. The molecule has 0 aliphatic carbocycles. The van der Waals surface area contributed by atoms with Gasteiger partial charge in [0, 0.05) is 18.8 Å². The van der Waals surface area contributed by atoms with E-state index >= 15 is 0 Å². The lowest BCUT2D eigenvalue weighted by Crippen LogP contribution is -2.31. The summed E-state index contributed by atoms with van der Waals surface area (Å²) < 4.78 is 5.27. The van der Waals surface area contributed by atoms with E-state index in [0.717, 1.165) is 17.7 Å². The van der Waals surface area contributed by atoms with Gasteiger partial charge in [-0.15, -0.1) is 0 Å². The van der Waals surface area contributed by atoms with Crippen molar-refractivity contribution in [3.63, 3.8) is 0 Å². The molecule has 4 heteroatoms. The Labute approximate surface area is 113 Å². The highest BCUT2D eigenvalue weighted by Crippen LogP contribution is 2.23. The Morgan fingerprint density at radius 2 is 2.21 bits per heavy atom. The molecule has 0 saturated carbocycles. The molecule has 0 saturated heterocycles. The third-order valence-electron chi connectivity index (χ3n) is 3.26. The van der Waals surface area contributed by atoms with Gasteiger partial charge in [-0.2, -0.15) is 0 Å². The molecule has 0 spiro atoms. The highest BCUT2D eigenvalue weighted by molar-refractivity contribution is 5.92. The number of carbonyl (C=O) groups excluding carboxylic acids is 1. The van der Waals surface area contributed by atoms with Gasteiger partial charge in [0.2, 0.25) is 0 Å². The number of amides is 1. The summed E-state index contributed by atoms with van der Waals surface area (Å²) in [5, 5.41) is 0. The Bertz CT molecular complexity index is 548. The summed E-state index contributed by atoms with van der Waals surface area (Å²) in [6.07, 6.45) is 4.09. The van der Waals surface area contributed by atoms with Crippen molar-refractivity contribution in [2.45, 2.75) is 26.3 Å². The molecule has 0 fully saturated rings. The number of pyridine rings is 1. The summed E-state index contributed by atoms with van der Waals surface area (Å²) in [5.41, 5.74) is 1.75. The molecule has 100 valence electrons. The van der Waals surface area contributed by atoms with E-state index in [-0.39, 0.29) is 11.9 Å². The first kappa shape index (κ1) is 13.3. The average molecular weight is 258 g/mol. The fraction of sp³-hybridized carbons (Fsp3) is 0.333. The second kappa shape index (κ2) is 5.69. The van der Waals surface area contributed by atoms with E-state index in [1.807, 2.05) is 32.0 Å². The molecule has 0 unspecified atom stereocenters. The molecule has 0 aliphatic heterocycles. The van der Waals surface area contributed by atoms with Gasteiger partial charge in [-0.1, -0.05) is 13.0 Å². The van der Waals surface area contributed by atoms with Crippen LogP contribution in [0.1, 0.15) is 41.2 Å². The van der Waals surface area contributed by atoms with E-state index in [0.29, 0.717) is 5.76 Å². The van der Waals surface area contributed by atoms with Gasteiger partial charge in [0.1, 0.15) is 0 Å². The Balaban J connectivity index is 2.25. The minimum absolute atomic E-state index is 0.0433. The van der Waals surface area contributed by atoms with Gasteiger partial charge in [-0.3, -0.25) is 9.78 Å². The van der Waals surface area contributed by atoms with Crippen molar-refractivity contribution in [2.24, 2.45) is 0 Å². The van der Waals surface area contributed by atoms with Crippen molar-refractivity contribution < 1.29 is 9.21 Å². The van der Waals surface area contributed by atoms with Crippen LogP contribution >= 0.6 is 0 Å². The number of furan rings is 1. The Morgan fingerprint density at radius 3 is 2.74 bits per heavy atom. The highest BCUT2D eigenvalue weighted by Gasteiger charge is 2.25. The molecule has 0 radical (unpaired) electrons. The van der Waals surface area contributed by atoms with Crippen molar-refractivity contribution >= 4 is 5.91 Å². The fourth-order valence-corrected chi connectivity index (χ4v) is 2.15. The normalized spacial score (nSPS) is 12.2. The quantitative estimate of drug-likeness (QED) is 0.846. The molecule has 2 heterocycles. The molecule has 0 aromatic carbocycles. The third-order valence-corrected chi connectivity index (χ3v) is 3.26. The second-order valence-corrected chi connectivity index (χ2v) is 4.53. The van der Waals surface area contributed by atoms with Crippen molar-refractivity contribution in [1.29, 1.82) is 0 Å². The minimum Gasteiger partial charge on any atom is -0.459 e. The molecule has 2 aromatic heterocycles. The van der Waals surface area contributed by atoms with Gasteiger partial charge in [0.15, 0.2) is 5.76 Å². The fourth-order valence-electron chi connectivity index (χ4n) is 2.15. The SMILES string of the molecule is CC[C@@H](c1ccccn1)N(C)C(=O)c1occc1C. The highest BCUT2D eigenvalue weighted by atomic mass is 16.3. The zero-order chi connectivity index (χ0) is 13.8. The van der Waals surface area contributed by atoms with Crippen LogP contribution in [0, 0.1) is 6.92 Å². The van der Waals surface area contributed by atoms with E-state index in [1.165, 1.54) is 6.26 Å². The third kappa shape index (κ3) is 2.67. The summed E-state index contributed by atoms with van der Waals surface area (Å²) in [7, 11) is 1.78. The number of carbonyl (C=O) groups is 1. The lowest BCUT2D eigenvalue weighted by atomic mass is 10.1. The molecule has 0 aliphatic rings. The lowest BCUT2D eigenvalue weighted by Gasteiger charge is -2.26. The predicted octanol–water partition coefficient (Wildman–Crippen LogP) is 3.21. The van der Waals surface area contributed by atoms with Crippen molar-refractivity contribution in [3.05, 3.63) is 53.7 Å². The number of aromatic nitrogens is 1. The molecule has 19 heavy (non-hydrogen) atoms. The van der Waals surface area contributed by atoms with Crippen molar-refractivity contribution in [3.8, 4) is 0 Å². The number of hydrogen-bond donors (Lipinski definition) is 0. The van der Waals surface area contributed by atoms with Gasteiger partial charge >= 0.3 is 0 Å². The van der Waals surface area contributed by atoms with E-state index in [4.69, 9.17) is 4.42 Å². The van der Waals surface area contributed by atoms with Crippen molar-refractivity contribution in [1.82, 2.24) is 9.88 Å². The van der Waals surface area contributed by atoms with Crippen LogP contribution in [0.3, 0.4) is 0 Å². The number of aryl methyl sites for hydroxylation is 1. The monoisotopic (exact) mass is 258 g/mol. The Hall–Kier alpha value is -2.10. The van der Waals surface area contributed by atoms with Gasteiger partial charge in [-0.25, -0.2) is 0 Å². The molecule has 2 aromatic rings. The Morgan fingerprint density at radius 1 is 1.42 bits per heavy atom. The first-order chi connectivity index (χ1) is 9.15. The van der Waals surface area contributed by atoms with E-state index in [1.54, 1.807) is 24.2 Å². The molecular formula is C15H18N2O2. The standard InChI is InChI=1S/C15H18N2O2/c1-4-13(12-7-5-6-9-16-12)17(3)15(18)14-11(2)8-10-19-14/h5-10,13H,4H2,1-3H3/t13-/m0/s1. The van der Waals surface area contributed by atoms with Crippen molar-refractivity contribution in [2.75, 3.05) is 7.05 Å². The van der Waals surface area contributed by atoms with Crippen LogP contribution < -0.4 is 0 Å². The second-order valence-electron chi connectivity index (χ2n) is 4.53. The molecule has 2 rings (SSSR count). The molecule has 1 amide bonds. The predicted molar refractivity (Wildman–Crippen MR) is 72.8 cm³/mol. The number of hydrogen-bond acceptors (Lipinski definition) is 3. The average Bonchev–Trinajstić information content (AvgIpc) is 2.86. The smallest absolute Gasteiger partial charge is 0.290 e. The topological polar surface area (TPSA) is 46.3 Å². The van der Waals surface area contributed by atoms with Crippen LogP contribution in [0.5, 0.6) is 0 Å². The van der Waals surface area contributed by atoms with Gasteiger partial charge in [0.25, 0.3) is 5.91 Å². The van der Waals surface area contributed by atoms with Crippen LogP contribution in [0.25, 0.3) is 0 Å². The maximum absolute atomic E-state index is 12.4. The van der Waals surface area contributed by atoms with Crippen LogP contribution in [-0.2, 0) is 0 Å². The van der Waals surface area contributed by atoms with E-state index in [9.17, 15) is 4.79 Å². The first-order valence-electron chi connectivity index (χ1n) is 6.37. The molecule has 4 nitrogen and oxygen atoms in total. The molecule has 0 bridgehead atoms.